The molecular weight excluding hydrogens is 326 g/mol. The van der Waals surface area contributed by atoms with E-state index in [1.165, 1.54) is 11.8 Å². The molecule has 1 heterocycles. The molecule has 2 aromatic rings. The number of benzene rings is 1. The predicted octanol–water partition coefficient (Wildman–Crippen LogP) is 2.10. The van der Waals surface area contributed by atoms with Gasteiger partial charge in [-0.1, -0.05) is 49.9 Å². The lowest BCUT2D eigenvalue weighted by Gasteiger charge is -2.18. The quantitative estimate of drug-likeness (QED) is 0.806. The minimum Gasteiger partial charge on any atom is -0.351 e. The van der Waals surface area contributed by atoms with Crippen LogP contribution in [-0.2, 0) is 11.8 Å². The maximum Gasteiger partial charge on any atom is 0.318 e. The fourth-order valence-corrected chi connectivity index (χ4v) is 3.27. The standard InChI is InChI=1S/C16H21N5O2S/c1-9(2)12(14(22)18-15(17)23)24-16-20-19-13(21(16)4)11-8-6-5-7-10(11)3/h5-9,12H,1-4H3,(H3,17,18,22,23). The van der Waals surface area contributed by atoms with Gasteiger partial charge in [0, 0.05) is 12.6 Å². The summed E-state index contributed by atoms with van der Waals surface area (Å²) < 4.78 is 1.85. The van der Waals surface area contributed by atoms with Gasteiger partial charge in [-0.25, -0.2) is 4.79 Å². The lowest BCUT2D eigenvalue weighted by atomic mass is 10.1. The van der Waals surface area contributed by atoms with Gasteiger partial charge in [0.05, 0.1) is 5.25 Å². The first-order valence-electron chi connectivity index (χ1n) is 7.53. The van der Waals surface area contributed by atoms with Gasteiger partial charge >= 0.3 is 6.03 Å². The van der Waals surface area contributed by atoms with Gasteiger partial charge in [0.15, 0.2) is 11.0 Å². The average molecular weight is 347 g/mol. The second-order valence-corrected chi connectivity index (χ2v) is 6.92. The van der Waals surface area contributed by atoms with Crippen molar-refractivity contribution in [3.8, 4) is 11.4 Å². The highest BCUT2D eigenvalue weighted by Crippen LogP contribution is 2.30. The van der Waals surface area contributed by atoms with Crippen LogP contribution in [0, 0.1) is 12.8 Å². The monoisotopic (exact) mass is 347 g/mol. The van der Waals surface area contributed by atoms with Crippen molar-refractivity contribution in [3.05, 3.63) is 29.8 Å². The van der Waals surface area contributed by atoms with Crippen molar-refractivity contribution >= 4 is 23.7 Å². The second-order valence-electron chi connectivity index (χ2n) is 5.82. The first-order chi connectivity index (χ1) is 11.3. The topological polar surface area (TPSA) is 103 Å². The number of nitrogens with two attached hydrogens (primary N) is 1. The highest BCUT2D eigenvalue weighted by molar-refractivity contribution is 8.00. The Morgan fingerprint density at radius 3 is 2.50 bits per heavy atom. The Balaban J connectivity index is 2.28. The van der Waals surface area contributed by atoms with Crippen LogP contribution in [0.15, 0.2) is 29.4 Å². The average Bonchev–Trinajstić information content (AvgIpc) is 2.85. The highest BCUT2D eigenvalue weighted by atomic mass is 32.2. The van der Waals surface area contributed by atoms with Crippen molar-refractivity contribution in [2.24, 2.45) is 18.7 Å². The van der Waals surface area contributed by atoms with Crippen LogP contribution in [0.2, 0.25) is 0 Å². The molecule has 0 spiro atoms. The number of hydrogen-bond acceptors (Lipinski definition) is 5. The number of carbonyl (C=O) groups excluding carboxylic acids is 2. The number of nitrogens with zero attached hydrogens (tertiary/aromatic N) is 3. The van der Waals surface area contributed by atoms with Gasteiger partial charge in [0.1, 0.15) is 0 Å². The van der Waals surface area contributed by atoms with Crippen molar-refractivity contribution < 1.29 is 9.59 Å². The zero-order chi connectivity index (χ0) is 17.9. The molecule has 3 amide bonds. The van der Waals surface area contributed by atoms with E-state index < -0.39 is 17.2 Å². The summed E-state index contributed by atoms with van der Waals surface area (Å²) in [7, 11) is 1.85. The minimum absolute atomic E-state index is 0.00652. The number of aryl methyl sites for hydroxylation is 1. The van der Waals surface area contributed by atoms with Crippen molar-refractivity contribution in [2.75, 3.05) is 0 Å². The molecule has 0 aliphatic rings. The number of nitrogens with one attached hydrogen (secondary N) is 1. The van der Waals surface area contributed by atoms with Crippen molar-refractivity contribution in [2.45, 2.75) is 31.2 Å². The summed E-state index contributed by atoms with van der Waals surface area (Å²) in [4.78, 5) is 23.1. The van der Waals surface area contributed by atoms with E-state index in [1.54, 1.807) is 0 Å². The fraction of sp³-hybridized carbons (Fsp3) is 0.375. The Hall–Kier alpha value is -2.35. The van der Waals surface area contributed by atoms with Crippen LogP contribution in [0.4, 0.5) is 4.79 Å². The smallest absolute Gasteiger partial charge is 0.318 e. The third-order valence-electron chi connectivity index (χ3n) is 3.56. The lowest BCUT2D eigenvalue weighted by Crippen LogP contribution is -2.42. The Bertz CT molecular complexity index is 757. The third kappa shape index (κ3) is 3.94. The number of imide groups is 1. The predicted molar refractivity (Wildman–Crippen MR) is 93.4 cm³/mol. The van der Waals surface area contributed by atoms with Gasteiger partial charge in [-0.3, -0.25) is 10.1 Å². The molecule has 1 unspecified atom stereocenters. The Morgan fingerprint density at radius 2 is 1.92 bits per heavy atom. The summed E-state index contributed by atoms with van der Waals surface area (Å²) in [5, 5.41) is 10.7. The molecule has 0 radical (unpaired) electrons. The number of amides is 3. The molecule has 0 saturated heterocycles. The summed E-state index contributed by atoms with van der Waals surface area (Å²) in [6.45, 7) is 5.81. The van der Waals surface area contributed by atoms with E-state index in [4.69, 9.17) is 5.73 Å². The molecule has 24 heavy (non-hydrogen) atoms. The molecule has 1 atom stereocenters. The molecular formula is C16H21N5O2S. The number of thioether (sulfide) groups is 1. The Morgan fingerprint density at radius 1 is 1.25 bits per heavy atom. The number of urea groups is 1. The van der Waals surface area contributed by atoms with Gasteiger partial charge in [-0.05, 0) is 18.4 Å². The molecule has 2 rings (SSSR count). The van der Waals surface area contributed by atoms with Crippen molar-refractivity contribution in [1.29, 1.82) is 0 Å². The minimum atomic E-state index is -0.857. The second kappa shape index (κ2) is 7.48. The summed E-state index contributed by atoms with van der Waals surface area (Å²) in [6.07, 6.45) is 0. The van der Waals surface area contributed by atoms with E-state index in [1.807, 2.05) is 56.7 Å². The zero-order valence-corrected chi connectivity index (χ0v) is 14.9. The van der Waals surface area contributed by atoms with Gasteiger partial charge in [-0.15, -0.1) is 10.2 Å². The van der Waals surface area contributed by atoms with E-state index in [-0.39, 0.29) is 5.92 Å². The molecule has 0 saturated carbocycles. The van der Waals surface area contributed by atoms with Crippen LogP contribution in [0.5, 0.6) is 0 Å². The molecule has 8 heteroatoms. The summed E-state index contributed by atoms with van der Waals surface area (Å²) in [5.41, 5.74) is 7.12. The molecule has 0 bridgehead atoms. The van der Waals surface area contributed by atoms with Gasteiger partial charge in [0.25, 0.3) is 0 Å². The fourth-order valence-electron chi connectivity index (χ4n) is 2.27. The molecule has 0 aliphatic carbocycles. The van der Waals surface area contributed by atoms with Crippen LogP contribution in [0.25, 0.3) is 11.4 Å². The summed E-state index contributed by atoms with van der Waals surface area (Å²) in [6, 6.07) is 7.04. The zero-order valence-electron chi connectivity index (χ0n) is 14.1. The normalized spacial score (nSPS) is 12.2. The molecule has 1 aromatic heterocycles. The van der Waals surface area contributed by atoms with Gasteiger partial charge in [0.2, 0.25) is 5.91 Å². The van der Waals surface area contributed by atoms with E-state index in [0.29, 0.717) is 5.16 Å². The number of hydrogen-bond donors (Lipinski definition) is 2. The summed E-state index contributed by atoms with van der Waals surface area (Å²) in [5.74, 6) is 0.296. The Labute approximate surface area is 145 Å². The summed E-state index contributed by atoms with van der Waals surface area (Å²) >= 11 is 1.26. The van der Waals surface area contributed by atoms with E-state index in [9.17, 15) is 9.59 Å². The van der Waals surface area contributed by atoms with Gasteiger partial charge in [-0.2, -0.15) is 0 Å². The van der Waals surface area contributed by atoms with E-state index >= 15 is 0 Å². The first kappa shape index (κ1) is 18.0. The van der Waals surface area contributed by atoms with E-state index in [2.05, 4.69) is 15.5 Å². The van der Waals surface area contributed by atoms with Crippen LogP contribution in [0.3, 0.4) is 0 Å². The molecule has 0 aliphatic heterocycles. The Kier molecular flexibility index (Phi) is 5.61. The van der Waals surface area contributed by atoms with Crippen LogP contribution >= 0.6 is 11.8 Å². The third-order valence-corrected chi connectivity index (χ3v) is 5.14. The van der Waals surface area contributed by atoms with Crippen molar-refractivity contribution in [1.82, 2.24) is 20.1 Å². The van der Waals surface area contributed by atoms with Crippen molar-refractivity contribution in [3.63, 3.8) is 0 Å². The SMILES string of the molecule is Cc1ccccc1-c1nnc(SC(C(=O)NC(N)=O)C(C)C)n1C. The van der Waals surface area contributed by atoms with E-state index in [0.717, 1.165) is 17.0 Å². The number of rotatable bonds is 5. The lowest BCUT2D eigenvalue weighted by molar-refractivity contribution is -0.120. The maximum absolute atomic E-state index is 12.2. The molecule has 0 fully saturated rings. The number of primary amides is 1. The van der Waals surface area contributed by atoms with Crippen LogP contribution < -0.4 is 11.1 Å². The number of aromatic nitrogens is 3. The highest BCUT2D eigenvalue weighted by Gasteiger charge is 2.27. The van der Waals surface area contributed by atoms with Crippen LogP contribution in [-0.4, -0.2) is 32.0 Å². The molecule has 3 N–H and O–H groups in total. The first-order valence-corrected chi connectivity index (χ1v) is 8.41. The maximum atomic E-state index is 12.2. The number of carbonyl (C=O) groups is 2. The largest absolute Gasteiger partial charge is 0.351 e. The van der Waals surface area contributed by atoms with Crippen LogP contribution in [0.1, 0.15) is 19.4 Å². The molecule has 1 aromatic carbocycles. The molecule has 7 nitrogen and oxygen atoms in total. The van der Waals surface area contributed by atoms with Gasteiger partial charge < -0.3 is 10.3 Å². The molecule has 128 valence electrons.